The molecule has 5 heteroatoms. The van der Waals surface area contributed by atoms with E-state index < -0.39 is 0 Å². The monoisotopic (exact) mass is 433 g/mol. The molecule has 0 aliphatic heterocycles. The van der Waals surface area contributed by atoms with E-state index in [1.54, 1.807) is 13.2 Å². The molecule has 3 aromatic carbocycles. The first-order valence-corrected chi connectivity index (χ1v) is 11.0. The number of aryl methyl sites for hydroxylation is 2. The van der Waals surface area contributed by atoms with Gasteiger partial charge < -0.3 is 19.5 Å². The topological polar surface area (TPSA) is 56.8 Å². The molecule has 0 aliphatic carbocycles. The number of amides is 1. The van der Waals surface area contributed by atoms with Crippen LogP contribution in [0.4, 0.5) is 5.69 Å². The molecule has 5 nitrogen and oxygen atoms in total. The van der Waals surface area contributed by atoms with Crippen LogP contribution < -0.4 is 19.5 Å². The van der Waals surface area contributed by atoms with Crippen molar-refractivity contribution in [3.63, 3.8) is 0 Å². The number of benzene rings is 3. The van der Waals surface area contributed by atoms with Gasteiger partial charge in [-0.1, -0.05) is 38.1 Å². The number of carbonyl (C=O) groups is 1. The summed E-state index contributed by atoms with van der Waals surface area (Å²) in [5.41, 5.74) is 4.54. The van der Waals surface area contributed by atoms with E-state index in [-0.39, 0.29) is 12.5 Å². The number of hydrogen-bond donors (Lipinski definition) is 1. The van der Waals surface area contributed by atoms with Crippen LogP contribution in [0.1, 0.15) is 47.8 Å². The van der Waals surface area contributed by atoms with Crippen molar-refractivity contribution in [3.05, 3.63) is 82.9 Å². The highest BCUT2D eigenvalue weighted by Gasteiger charge is 2.15. The molecule has 3 rings (SSSR count). The maximum atomic E-state index is 13.1. The zero-order valence-electron chi connectivity index (χ0n) is 19.2. The fraction of sp³-hybridized carbons (Fsp3) is 0.296. The molecule has 1 N–H and O–H groups in total. The van der Waals surface area contributed by atoms with Crippen LogP contribution in [0, 0.1) is 0 Å². The third-order valence-corrected chi connectivity index (χ3v) is 5.30. The Hall–Kier alpha value is -3.47. The minimum atomic E-state index is -0.147. The lowest BCUT2D eigenvalue weighted by molar-refractivity contribution is 0.102. The molecule has 0 spiro atoms. The molecule has 3 aromatic rings. The van der Waals surface area contributed by atoms with E-state index in [2.05, 4.69) is 31.3 Å². The lowest BCUT2D eigenvalue weighted by Crippen LogP contribution is -2.15. The summed E-state index contributed by atoms with van der Waals surface area (Å²) in [5, 5.41) is 3.13. The molecule has 0 aliphatic rings. The molecular weight excluding hydrogens is 402 g/mol. The summed E-state index contributed by atoms with van der Waals surface area (Å²) in [7, 11) is 1.62. The molecule has 0 unspecified atom stereocenters. The Balaban J connectivity index is 1.84. The SMILES string of the molecule is CCOc1ccc(C(=O)Nc2c(CC)cccc2CC)cc1COc1cccc(OC)c1. The number of methoxy groups -OCH3 is 1. The van der Waals surface area contributed by atoms with Crippen molar-refractivity contribution in [3.8, 4) is 17.2 Å². The summed E-state index contributed by atoms with van der Waals surface area (Å²) in [6.45, 7) is 6.92. The van der Waals surface area contributed by atoms with Crippen molar-refractivity contribution >= 4 is 11.6 Å². The highest BCUT2D eigenvalue weighted by atomic mass is 16.5. The van der Waals surface area contributed by atoms with E-state index in [0.717, 1.165) is 41.0 Å². The van der Waals surface area contributed by atoms with Gasteiger partial charge in [0.1, 0.15) is 23.9 Å². The highest BCUT2D eigenvalue weighted by molar-refractivity contribution is 6.05. The Morgan fingerprint density at radius 3 is 2.16 bits per heavy atom. The lowest BCUT2D eigenvalue weighted by atomic mass is 10.0. The highest BCUT2D eigenvalue weighted by Crippen LogP contribution is 2.27. The largest absolute Gasteiger partial charge is 0.497 e. The predicted molar refractivity (Wildman–Crippen MR) is 128 cm³/mol. The number of ether oxygens (including phenoxy) is 3. The minimum absolute atomic E-state index is 0.147. The van der Waals surface area contributed by atoms with E-state index in [4.69, 9.17) is 14.2 Å². The van der Waals surface area contributed by atoms with Gasteiger partial charge >= 0.3 is 0 Å². The van der Waals surface area contributed by atoms with Crippen molar-refractivity contribution in [2.75, 3.05) is 19.0 Å². The lowest BCUT2D eigenvalue weighted by Gasteiger charge is -2.16. The van der Waals surface area contributed by atoms with Gasteiger partial charge in [-0.25, -0.2) is 0 Å². The van der Waals surface area contributed by atoms with Crippen molar-refractivity contribution in [1.29, 1.82) is 0 Å². The van der Waals surface area contributed by atoms with Crippen molar-refractivity contribution in [2.45, 2.75) is 40.2 Å². The molecule has 32 heavy (non-hydrogen) atoms. The molecule has 0 aromatic heterocycles. The molecule has 0 heterocycles. The van der Waals surface area contributed by atoms with Gasteiger partial charge in [-0.15, -0.1) is 0 Å². The summed E-state index contributed by atoms with van der Waals surface area (Å²) < 4.78 is 17.0. The first-order chi connectivity index (χ1) is 15.6. The van der Waals surface area contributed by atoms with Gasteiger partial charge in [-0.2, -0.15) is 0 Å². The first kappa shape index (κ1) is 23.2. The van der Waals surface area contributed by atoms with Gasteiger partial charge in [0.25, 0.3) is 5.91 Å². The van der Waals surface area contributed by atoms with Crippen molar-refractivity contribution < 1.29 is 19.0 Å². The zero-order chi connectivity index (χ0) is 22.9. The van der Waals surface area contributed by atoms with Crippen LogP contribution in [0.25, 0.3) is 0 Å². The minimum Gasteiger partial charge on any atom is -0.497 e. The summed E-state index contributed by atoms with van der Waals surface area (Å²) >= 11 is 0. The molecule has 0 fully saturated rings. The van der Waals surface area contributed by atoms with Gasteiger partial charge in [0, 0.05) is 22.9 Å². The molecule has 1 amide bonds. The van der Waals surface area contributed by atoms with E-state index in [9.17, 15) is 4.79 Å². The summed E-state index contributed by atoms with van der Waals surface area (Å²) in [6.07, 6.45) is 1.71. The second-order valence-corrected chi connectivity index (χ2v) is 7.34. The average Bonchev–Trinajstić information content (AvgIpc) is 2.83. The Kier molecular flexibility index (Phi) is 8.14. The third kappa shape index (κ3) is 5.61. The number of carbonyl (C=O) groups excluding carboxylic acids is 1. The summed E-state index contributed by atoms with van der Waals surface area (Å²) in [4.78, 5) is 13.1. The first-order valence-electron chi connectivity index (χ1n) is 11.0. The number of hydrogen-bond acceptors (Lipinski definition) is 4. The normalized spacial score (nSPS) is 10.5. The molecule has 0 radical (unpaired) electrons. The number of anilines is 1. The number of nitrogens with one attached hydrogen (secondary N) is 1. The fourth-order valence-corrected chi connectivity index (χ4v) is 3.57. The van der Waals surface area contributed by atoms with Crippen LogP contribution in [0.2, 0.25) is 0 Å². The van der Waals surface area contributed by atoms with Crippen LogP contribution >= 0.6 is 0 Å². The molecule has 0 atom stereocenters. The van der Waals surface area contributed by atoms with Crippen LogP contribution in [0.15, 0.2) is 60.7 Å². The van der Waals surface area contributed by atoms with Gasteiger partial charge in [0.05, 0.1) is 13.7 Å². The van der Waals surface area contributed by atoms with Crippen LogP contribution in [-0.2, 0) is 19.4 Å². The maximum absolute atomic E-state index is 13.1. The van der Waals surface area contributed by atoms with E-state index >= 15 is 0 Å². The molecule has 168 valence electrons. The van der Waals surface area contributed by atoms with Crippen molar-refractivity contribution in [2.24, 2.45) is 0 Å². The van der Waals surface area contributed by atoms with Gasteiger partial charge in [-0.3, -0.25) is 4.79 Å². The summed E-state index contributed by atoms with van der Waals surface area (Å²) in [6, 6.07) is 19.0. The molecule has 0 saturated heterocycles. The van der Waals surface area contributed by atoms with Crippen LogP contribution in [0.3, 0.4) is 0 Å². The van der Waals surface area contributed by atoms with E-state index in [0.29, 0.717) is 23.7 Å². The second-order valence-electron chi connectivity index (χ2n) is 7.34. The van der Waals surface area contributed by atoms with Gasteiger partial charge in [0.15, 0.2) is 0 Å². The summed E-state index contributed by atoms with van der Waals surface area (Å²) in [5.74, 6) is 1.97. The number of para-hydroxylation sites is 1. The average molecular weight is 434 g/mol. The molecular formula is C27H31NO4. The van der Waals surface area contributed by atoms with E-state index in [1.165, 1.54) is 0 Å². The molecule has 0 saturated carbocycles. The standard InChI is InChI=1S/C27H31NO4/c1-5-19-10-8-11-20(6-2)26(19)28-27(29)21-14-15-25(31-7-3)22(16-21)18-32-24-13-9-12-23(17-24)30-4/h8-17H,5-7,18H2,1-4H3,(H,28,29). The Morgan fingerprint density at radius 1 is 0.812 bits per heavy atom. The fourth-order valence-electron chi connectivity index (χ4n) is 3.57. The maximum Gasteiger partial charge on any atom is 0.255 e. The Morgan fingerprint density at radius 2 is 1.50 bits per heavy atom. The molecule has 0 bridgehead atoms. The zero-order valence-corrected chi connectivity index (χ0v) is 19.2. The number of rotatable bonds is 10. The Labute approximate surface area is 190 Å². The van der Waals surface area contributed by atoms with Crippen LogP contribution in [0.5, 0.6) is 17.2 Å². The third-order valence-electron chi connectivity index (χ3n) is 5.30. The van der Waals surface area contributed by atoms with Crippen molar-refractivity contribution in [1.82, 2.24) is 0 Å². The quantitative estimate of drug-likeness (QED) is 0.423. The van der Waals surface area contributed by atoms with Crippen LogP contribution in [-0.4, -0.2) is 19.6 Å². The van der Waals surface area contributed by atoms with E-state index in [1.807, 2.05) is 49.4 Å². The Bertz CT molecular complexity index is 1040. The smallest absolute Gasteiger partial charge is 0.255 e. The predicted octanol–water partition coefficient (Wildman–Crippen LogP) is 6.05. The van der Waals surface area contributed by atoms with Gasteiger partial charge in [-0.05, 0) is 61.2 Å². The van der Waals surface area contributed by atoms with Gasteiger partial charge in [0.2, 0.25) is 0 Å². The second kappa shape index (κ2) is 11.2.